The minimum absolute atomic E-state index is 0.221. The van der Waals surface area contributed by atoms with Crippen molar-refractivity contribution in [2.24, 2.45) is 15.4 Å². The molecule has 0 radical (unpaired) electrons. The Bertz CT molecular complexity index is 864. The van der Waals surface area contributed by atoms with E-state index in [-0.39, 0.29) is 10.7 Å². The molecule has 0 fully saturated rings. The number of allylic oxidation sites excluding steroid dienone is 3. The Balaban J connectivity index is 1.88. The zero-order chi connectivity index (χ0) is 16.6. The van der Waals surface area contributed by atoms with E-state index in [2.05, 4.69) is 27.6 Å². The molecule has 1 N–H and O–H groups in total. The largest absolute Gasteiger partial charge is 0.285 e. The summed E-state index contributed by atoms with van der Waals surface area (Å²) in [5.41, 5.74) is 6.55. The van der Waals surface area contributed by atoms with E-state index in [1.807, 2.05) is 13.8 Å². The lowest BCUT2D eigenvalue weighted by molar-refractivity contribution is 0.599. The predicted octanol–water partition coefficient (Wildman–Crippen LogP) is 3.01. The Morgan fingerprint density at radius 1 is 1.39 bits per heavy atom. The third kappa shape index (κ3) is 2.99. The molecule has 6 heteroatoms. The monoisotopic (exact) mass is 329 g/mol. The van der Waals surface area contributed by atoms with Crippen LogP contribution in [0.15, 0.2) is 62.5 Å². The Morgan fingerprint density at radius 2 is 2.13 bits per heavy atom. The van der Waals surface area contributed by atoms with Gasteiger partial charge in [-0.1, -0.05) is 30.4 Å². The molecule has 3 rings (SSSR count). The Kier molecular flexibility index (Phi) is 3.93. The number of nitrogens with one attached hydrogen (secondary N) is 1. The summed E-state index contributed by atoms with van der Waals surface area (Å²) in [6.45, 7) is 8.05. The van der Waals surface area contributed by atoms with E-state index in [0.29, 0.717) is 11.5 Å². The fraction of sp³-hybridized carbons (Fsp3) is 0.294. The van der Waals surface area contributed by atoms with Gasteiger partial charge in [0.1, 0.15) is 4.90 Å². The minimum Gasteiger partial charge on any atom is -0.260 e. The lowest BCUT2D eigenvalue weighted by Gasteiger charge is -2.22. The summed E-state index contributed by atoms with van der Waals surface area (Å²) in [5.74, 6) is 0.652. The molecule has 2 aliphatic rings. The Morgan fingerprint density at radius 3 is 2.87 bits per heavy atom. The number of benzene rings is 1. The predicted molar refractivity (Wildman–Crippen MR) is 92.0 cm³/mol. The van der Waals surface area contributed by atoms with Crippen molar-refractivity contribution in [3.63, 3.8) is 0 Å². The second-order valence-electron chi connectivity index (χ2n) is 5.95. The zero-order valence-electron chi connectivity index (χ0n) is 13.2. The Hall–Kier alpha value is -2.21. The van der Waals surface area contributed by atoms with E-state index in [9.17, 15) is 8.42 Å². The van der Waals surface area contributed by atoms with Crippen LogP contribution in [0.2, 0.25) is 0 Å². The van der Waals surface area contributed by atoms with Crippen LogP contribution >= 0.6 is 0 Å². The number of nitrogens with zero attached hydrogens (tertiary/aromatic N) is 2. The molecule has 0 saturated carbocycles. The highest BCUT2D eigenvalue weighted by Gasteiger charge is 2.28. The van der Waals surface area contributed by atoms with Crippen LogP contribution in [0.3, 0.4) is 0 Å². The average molecular weight is 329 g/mol. The molecular formula is C17H19N3O2S. The number of hydrogen-bond donors (Lipinski definition) is 1. The number of amidine groups is 1. The van der Waals surface area contributed by atoms with Crippen molar-refractivity contribution in [1.82, 2.24) is 5.43 Å². The molecule has 1 aromatic rings. The number of sulfonamides is 1. The van der Waals surface area contributed by atoms with Gasteiger partial charge in [0.05, 0.1) is 5.71 Å². The Labute approximate surface area is 136 Å². The molecule has 120 valence electrons. The number of rotatable bonds is 2. The summed E-state index contributed by atoms with van der Waals surface area (Å²) < 4.78 is 27.8. The lowest BCUT2D eigenvalue weighted by Crippen LogP contribution is -2.23. The van der Waals surface area contributed by atoms with E-state index in [1.54, 1.807) is 24.3 Å². The maximum atomic E-state index is 12.0. The van der Waals surface area contributed by atoms with Gasteiger partial charge in [-0.3, -0.25) is 5.43 Å². The minimum atomic E-state index is -3.62. The lowest BCUT2D eigenvalue weighted by atomic mass is 9.85. The molecule has 0 unspecified atom stereocenters. The van der Waals surface area contributed by atoms with Gasteiger partial charge in [0, 0.05) is 5.56 Å². The maximum absolute atomic E-state index is 12.0. The van der Waals surface area contributed by atoms with Crippen molar-refractivity contribution in [3.05, 3.63) is 53.6 Å². The fourth-order valence-electron chi connectivity index (χ4n) is 2.73. The summed E-state index contributed by atoms with van der Waals surface area (Å²) in [6, 6.07) is 6.75. The summed E-state index contributed by atoms with van der Waals surface area (Å²) in [6.07, 6.45) is 3.91. The van der Waals surface area contributed by atoms with Crippen LogP contribution in [0.4, 0.5) is 0 Å². The van der Waals surface area contributed by atoms with E-state index >= 15 is 0 Å². The molecule has 1 aliphatic heterocycles. The van der Waals surface area contributed by atoms with Crippen molar-refractivity contribution in [2.75, 3.05) is 0 Å². The third-order valence-electron chi connectivity index (χ3n) is 4.23. The van der Waals surface area contributed by atoms with Crippen LogP contribution in [0.1, 0.15) is 32.3 Å². The van der Waals surface area contributed by atoms with Crippen LogP contribution in [0, 0.1) is 5.92 Å². The van der Waals surface area contributed by atoms with Gasteiger partial charge in [-0.15, -0.1) is 4.40 Å². The van der Waals surface area contributed by atoms with E-state index in [0.717, 1.165) is 29.7 Å². The summed E-state index contributed by atoms with van der Waals surface area (Å²) in [5, 5.41) is 4.41. The molecule has 23 heavy (non-hydrogen) atoms. The van der Waals surface area contributed by atoms with Gasteiger partial charge >= 0.3 is 0 Å². The van der Waals surface area contributed by atoms with Gasteiger partial charge < -0.3 is 0 Å². The van der Waals surface area contributed by atoms with Crippen molar-refractivity contribution >= 4 is 21.6 Å². The van der Waals surface area contributed by atoms with Crippen LogP contribution in [0.5, 0.6) is 0 Å². The fourth-order valence-corrected chi connectivity index (χ4v) is 3.90. The normalized spacial score (nSPS) is 23.9. The van der Waals surface area contributed by atoms with Crippen LogP contribution in [-0.4, -0.2) is 20.0 Å². The molecule has 1 aliphatic carbocycles. The highest BCUT2D eigenvalue weighted by molar-refractivity contribution is 7.90. The van der Waals surface area contributed by atoms with Gasteiger partial charge in [0.15, 0.2) is 5.84 Å². The summed E-state index contributed by atoms with van der Waals surface area (Å²) >= 11 is 0. The van der Waals surface area contributed by atoms with E-state index in [4.69, 9.17) is 0 Å². The number of hydrazone groups is 1. The SMILES string of the molecule is C=C(C)[C@H]1CC=C(C)/C(=N\NC2=NS(=O)(=O)c3ccccc32)C1. The van der Waals surface area contributed by atoms with E-state index < -0.39 is 10.0 Å². The molecular weight excluding hydrogens is 310 g/mol. The summed E-state index contributed by atoms with van der Waals surface area (Å²) in [4.78, 5) is 0.221. The molecule has 1 heterocycles. The van der Waals surface area contributed by atoms with Crippen molar-refractivity contribution in [2.45, 2.75) is 31.6 Å². The first-order valence-corrected chi connectivity index (χ1v) is 8.92. The average Bonchev–Trinajstić information content (AvgIpc) is 2.78. The summed E-state index contributed by atoms with van der Waals surface area (Å²) in [7, 11) is -3.62. The van der Waals surface area contributed by atoms with Gasteiger partial charge in [0.25, 0.3) is 10.0 Å². The van der Waals surface area contributed by atoms with Crippen LogP contribution in [0.25, 0.3) is 0 Å². The number of hydrogen-bond acceptors (Lipinski definition) is 4. The van der Waals surface area contributed by atoms with Crippen molar-refractivity contribution in [1.29, 1.82) is 0 Å². The first-order valence-electron chi connectivity index (χ1n) is 7.48. The number of fused-ring (bicyclic) bond motifs is 1. The quantitative estimate of drug-likeness (QED) is 0.670. The first kappa shape index (κ1) is 15.7. The first-order chi connectivity index (χ1) is 10.9. The van der Waals surface area contributed by atoms with Gasteiger partial charge in [-0.05, 0) is 50.3 Å². The second kappa shape index (κ2) is 5.77. The van der Waals surface area contributed by atoms with Crippen molar-refractivity contribution < 1.29 is 8.42 Å². The van der Waals surface area contributed by atoms with E-state index in [1.165, 1.54) is 0 Å². The third-order valence-corrected chi connectivity index (χ3v) is 5.56. The molecule has 0 spiro atoms. The molecule has 0 bridgehead atoms. The zero-order valence-corrected chi connectivity index (χ0v) is 14.0. The molecule has 0 amide bonds. The molecule has 1 aromatic carbocycles. The highest BCUT2D eigenvalue weighted by atomic mass is 32.2. The highest BCUT2D eigenvalue weighted by Crippen LogP contribution is 2.27. The molecule has 0 saturated heterocycles. The van der Waals surface area contributed by atoms with Crippen LogP contribution < -0.4 is 5.43 Å². The topological polar surface area (TPSA) is 70.9 Å². The van der Waals surface area contributed by atoms with Crippen LogP contribution in [-0.2, 0) is 10.0 Å². The van der Waals surface area contributed by atoms with Gasteiger partial charge in [-0.25, -0.2) is 0 Å². The second-order valence-corrected chi connectivity index (χ2v) is 7.52. The van der Waals surface area contributed by atoms with Gasteiger partial charge in [-0.2, -0.15) is 13.5 Å². The smallest absolute Gasteiger partial charge is 0.260 e. The molecule has 0 aromatic heterocycles. The standard InChI is InChI=1S/C17H19N3O2S/c1-11(2)13-9-8-12(3)15(10-13)18-19-17-14-6-4-5-7-16(14)23(21,22)20-17/h4-8,13H,1,9-10H2,2-3H3,(H,19,20)/b18-15-/t13-/m0/s1. The molecule has 5 nitrogen and oxygen atoms in total. The molecule has 1 atom stereocenters. The maximum Gasteiger partial charge on any atom is 0.285 e. The van der Waals surface area contributed by atoms with Gasteiger partial charge in [0.2, 0.25) is 0 Å². The van der Waals surface area contributed by atoms with Crippen molar-refractivity contribution in [3.8, 4) is 0 Å².